The van der Waals surface area contributed by atoms with Crippen molar-refractivity contribution in [1.82, 2.24) is 5.32 Å². The van der Waals surface area contributed by atoms with Crippen molar-refractivity contribution in [2.45, 2.75) is 65.6 Å². The Balaban J connectivity index is 2.34. The van der Waals surface area contributed by atoms with Crippen LogP contribution in [0.3, 0.4) is 0 Å². The molecule has 0 radical (unpaired) electrons. The molecule has 1 N–H and O–H groups in total. The van der Waals surface area contributed by atoms with E-state index in [0.717, 1.165) is 13.0 Å². The molecule has 0 aromatic carbocycles. The molecule has 4 heteroatoms. The van der Waals surface area contributed by atoms with Crippen molar-refractivity contribution < 1.29 is 14.3 Å². The number of carbonyl (C=O) groups is 1. The van der Waals surface area contributed by atoms with Gasteiger partial charge in [-0.15, -0.1) is 0 Å². The monoisotopic (exact) mass is 257 g/mol. The molecule has 0 bridgehead atoms. The molecule has 18 heavy (non-hydrogen) atoms. The third-order valence-electron chi connectivity index (χ3n) is 3.81. The van der Waals surface area contributed by atoms with Crippen molar-refractivity contribution in [1.29, 1.82) is 0 Å². The summed E-state index contributed by atoms with van der Waals surface area (Å²) in [5.74, 6) is -0.129. The highest BCUT2D eigenvalue weighted by atomic mass is 16.5. The second-order valence-corrected chi connectivity index (χ2v) is 5.63. The SMILES string of the molecule is CCOC(=O)CC(C)NC1CC(OCC)C1(C)C. The molecule has 0 spiro atoms. The van der Waals surface area contributed by atoms with Gasteiger partial charge in [0, 0.05) is 24.1 Å². The van der Waals surface area contributed by atoms with E-state index in [-0.39, 0.29) is 17.4 Å². The number of esters is 1. The predicted molar refractivity (Wildman–Crippen MR) is 71.4 cm³/mol. The molecular formula is C14H27NO3. The first kappa shape index (κ1) is 15.4. The van der Waals surface area contributed by atoms with Crippen LogP contribution in [0, 0.1) is 5.41 Å². The molecule has 0 aromatic heterocycles. The van der Waals surface area contributed by atoms with Gasteiger partial charge in [-0.1, -0.05) is 13.8 Å². The Morgan fingerprint density at radius 1 is 1.39 bits per heavy atom. The number of ether oxygens (including phenoxy) is 2. The fourth-order valence-corrected chi connectivity index (χ4v) is 2.52. The molecule has 1 rings (SSSR count). The van der Waals surface area contributed by atoms with Gasteiger partial charge < -0.3 is 14.8 Å². The van der Waals surface area contributed by atoms with Gasteiger partial charge in [-0.2, -0.15) is 0 Å². The summed E-state index contributed by atoms with van der Waals surface area (Å²) in [6.07, 6.45) is 1.78. The third kappa shape index (κ3) is 3.69. The van der Waals surface area contributed by atoms with E-state index < -0.39 is 0 Å². The Morgan fingerprint density at radius 2 is 2.06 bits per heavy atom. The average molecular weight is 257 g/mol. The van der Waals surface area contributed by atoms with E-state index in [4.69, 9.17) is 9.47 Å². The first-order valence-electron chi connectivity index (χ1n) is 6.95. The summed E-state index contributed by atoms with van der Waals surface area (Å²) >= 11 is 0. The second kappa shape index (κ2) is 6.53. The molecule has 0 saturated heterocycles. The minimum Gasteiger partial charge on any atom is -0.466 e. The minimum atomic E-state index is -0.129. The molecular weight excluding hydrogens is 230 g/mol. The van der Waals surface area contributed by atoms with Crippen LogP contribution in [-0.2, 0) is 14.3 Å². The standard InChI is InChI=1S/C14H27NO3/c1-6-17-12-9-11(14(12,4)5)15-10(3)8-13(16)18-7-2/h10-12,15H,6-9H2,1-5H3. The summed E-state index contributed by atoms with van der Waals surface area (Å²) in [6, 6.07) is 0.564. The summed E-state index contributed by atoms with van der Waals surface area (Å²) in [6.45, 7) is 11.5. The van der Waals surface area contributed by atoms with Crippen LogP contribution in [0.15, 0.2) is 0 Å². The largest absolute Gasteiger partial charge is 0.466 e. The number of hydrogen-bond acceptors (Lipinski definition) is 4. The van der Waals surface area contributed by atoms with Crippen molar-refractivity contribution in [3.05, 3.63) is 0 Å². The van der Waals surface area contributed by atoms with Gasteiger partial charge in [0.05, 0.1) is 19.1 Å². The lowest BCUT2D eigenvalue weighted by Gasteiger charge is -2.52. The van der Waals surface area contributed by atoms with Crippen LogP contribution in [-0.4, -0.2) is 37.4 Å². The van der Waals surface area contributed by atoms with Gasteiger partial charge in [-0.05, 0) is 27.2 Å². The zero-order valence-corrected chi connectivity index (χ0v) is 12.3. The molecule has 106 valence electrons. The zero-order chi connectivity index (χ0) is 13.8. The van der Waals surface area contributed by atoms with E-state index >= 15 is 0 Å². The van der Waals surface area contributed by atoms with Gasteiger partial charge in [-0.3, -0.25) is 4.79 Å². The van der Waals surface area contributed by atoms with E-state index in [9.17, 15) is 4.79 Å². The lowest BCUT2D eigenvalue weighted by atomic mass is 9.64. The summed E-state index contributed by atoms with van der Waals surface area (Å²) in [7, 11) is 0. The van der Waals surface area contributed by atoms with Crippen LogP contribution in [0.2, 0.25) is 0 Å². The number of carbonyl (C=O) groups excluding carboxylic acids is 1. The Kier molecular flexibility index (Phi) is 5.60. The molecule has 0 aromatic rings. The molecule has 0 aliphatic heterocycles. The molecule has 0 amide bonds. The van der Waals surface area contributed by atoms with Crippen molar-refractivity contribution in [3.8, 4) is 0 Å². The summed E-state index contributed by atoms with van der Waals surface area (Å²) < 4.78 is 10.6. The molecule has 1 fully saturated rings. The van der Waals surface area contributed by atoms with Gasteiger partial charge in [-0.25, -0.2) is 0 Å². The molecule has 3 atom stereocenters. The maximum Gasteiger partial charge on any atom is 0.307 e. The van der Waals surface area contributed by atoms with Crippen molar-refractivity contribution in [3.63, 3.8) is 0 Å². The van der Waals surface area contributed by atoms with Crippen LogP contribution in [0.4, 0.5) is 0 Å². The van der Waals surface area contributed by atoms with Gasteiger partial charge >= 0.3 is 5.97 Å². The van der Waals surface area contributed by atoms with E-state index in [1.54, 1.807) is 0 Å². The fraction of sp³-hybridized carbons (Fsp3) is 0.929. The lowest BCUT2D eigenvalue weighted by Crippen LogP contribution is -2.62. The predicted octanol–water partition coefficient (Wildman–Crippen LogP) is 2.12. The van der Waals surface area contributed by atoms with Crippen LogP contribution >= 0.6 is 0 Å². The van der Waals surface area contributed by atoms with E-state index in [1.807, 2.05) is 20.8 Å². The Labute approximate surface area is 110 Å². The smallest absolute Gasteiger partial charge is 0.307 e. The quantitative estimate of drug-likeness (QED) is 0.710. The van der Waals surface area contributed by atoms with Crippen molar-refractivity contribution in [2.24, 2.45) is 5.41 Å². The highest BCUT2D eigenvalue weighted by Crippen LogP contribution is 2.42. The highest BCUT2D eigenvalue weighted by Gasteiger charge is 2.49. The molecule has 0 heterocycles. The average Bonchev–Trinajstić information content (AvgIpc) is 2.28. The van der Waals surface area contributed by atoms with Crippen LogP contribution in [0.25, 0.3) is 0 Å². The first-order chi connectivity index (χ1) is 8.41. The molecule has 1 aliphatic rings. The number of nitrogens with one attached hydrogen (secondary N) is 1. The van der Waals surface area contributed by atoms with Gasteiger partial charge in [0.2, 0.25) is 0 Å². The minimum absolute atomic E-state index is 0.129. The van der Waals surface area contributed by atoms with Gasteiger partial charge in [0.1, 0.15) is 0 Å². The molecule has 1 aliphatic carbocycles. The summed E-state index contributed by atoms with van der Waals surface area (Å²) in [5.41, 5.74) is 0.138. The first-order valence-corrected chi connectivity index (χ1v) is 6.95. The number of hydrogen-bond donors (Lipinski definition) is 1. The fourth-order valence-electron chi connectivity index (χ4n) is 2.52. The van der Waals surface area contributed by atoms with Crippen LogP contribution < -0.4 is 5.32 Å². The normalized spacial score (nSPS) is 27.4. The molecule has 3 unspecified atom stereocenters. The summed E-state index contributed by atoms with van der Waals surface area (Å²) in [5, 5.41) is 3.50. The maximum absolute atomic E-state index is 11.4. The van der Waals surface area contributed by atoms with Crippen molar-refractivity contribution >= 4 is 5.97 Å². The zero-order valence-electron chi connectivity index (χ0n) is 12.3. The van der Waals surface area contributed by atoms with Crippen LogP contribution in [0.5, 0.6) is 0 Å². The third-order valence-corrected chi connectivity index (χ3v) is 3.81. The summed E-state index contributed by atoms with van der Waals surface area (Å²) in [4.78, 5) is 11.4. The number of rotatable bonds is 7. The topological polar surface area (TPSA) is 47.6 Å². The highest BCUT2D eigenvalue weighted by molar-refractivity contribution is 5.70. The van der Waals surface area contributed by atoms with Crippen LogP contribution in [0.1, 0.15) is 47.5 Å². The maximum atomic E-state index is 11.4. The Morgan fingerprint density at radius 3 is 2.56 bits per heavy atom. The van der Waals surface area contributed by atoms with Crippen molar-refractivity contribution in [2.75, 3.05) is 13.2 Å². The second-order valence-electron chi connectivity index (χ2n) is 5.63. The van der Waals surface area contributed by atoms with Gasteiger partial charge in [0.25, 0.3) is 0 Å². The Hall–Kier alpha value is -0.610. The van der Waals surface area contributed by atoms with E-state index in [1.165, 1.54) is 0 Å². The molecule has 4 nitrogen and oxygen atoms in total. The Bertz CT molecular complexity index is 278. The van der Waals surface area contributed by atoms with E-state index in [2.05, 4.69) is 19.2 Å². The molecule has 1 saturated carbocycles. The van der Waals surface area contributed by atoms with Gasteiger partial charge in [0.15, 0.2) is 0 Å². The van der Waals surface area contributed by atoms with E-state index in [0.29, 0.717) is 25.2 Å². The lowest BCUT2D eigenvalue weighted by molar-refractivity contribution is -0.144.